The molecule has 3 nitrogen and oxygen atoms in total. The van der Waals surface area contributed by atoms with Gasteiger partial charge in [0.05, 0.1) is 13.2 Å². The molecule has 2 aromatic carbocycles. The Morgan fingerprint density at radius 2 is 1.95 bits per heavy atom. The van der Waals surface area contributed by atoms with Crippen LogP contribution in [-0.4, -0.2) is 7.11 Å². The van der Waals surface area contributed by atoms with Gasteiger partial charge in [-0.15, -0.1) is 0 Å². The Morgan fingerprint density at radius 3 is 2.62 bits per heavy atom. The summed E-state index contributed by atoms with van der Waals surface area (Å²) >= 11 is 0. The summed E-state index contributed by atoms with van der Waals surface area (Å²) in [6.45, 7) is 1.95. The van der Waals surface area contributed by atoms with Crippen LogP contribution < -0.4 is 16.0 Å². The number of hydrogen-bond donors (Lipinski definition) is 2. The van der Waals surface area contributed by atoms with Crippen molar-refractivity contribution in [1.82, 2.24) is 5.43 Å². The predicted molar refractivity (Wildman–Crippen MR) is 77.9 cm³/mol. The third-order valence-electron chi connectivity index (χ3n) is 3.39. The maximum Gasteiger partial charge on any atom is 0.128 e. The van der Waals surface area contributed by atoms with Crippen LogP contribution in [0.5, 0.6) is 5.75 Å². The summed E-state index contributed by atoms with van der Waals surface area (Å²) in [5.41, 5.74) is 4.67. The minimum Gasteiger partial charge on any atom is -0.496 e. The normalized spacial score (nSPS) is 12.2. The summed E-state index contributed by atoms with van der Waals surface area (Å²) in [6, 6.07) is 8.51. The molecule has 5 heteroatoms. The minimum atomic E-state index is -0.545. The number of nitrogens with two attached hydrogens (primary N) is 1. The van der Waals surface area contributed by atoms with E-state index in [4.69, 9.17) is 10.6 Å². The van der Waals surface area contributed by atoms with Crippen LogP contribution in [0, 0.1) is 18.6 Å². The molecule has 0 aromatic heterocycles. The number of methoxy groups -OCH3 is 1. The van der Waals surface area contributed by atoms with Gasteiger partial charge >= 0.3 is 0 Å². The molecule has 3 N–H and O–H groups in total. The first-order valence-corrected chi connectivity index (χ1v) is 6.59. The lowest BCUT2D eigenvalue weighted by Crippen LogP contribution is -2.30. The van der Waals surface area contributed by atoms with E-state index in [-0.39, 0.29) is 5.56 Å². The van der Waals surface area contributed by atoms with Crippen LogP contribution in [0.3, 0.4) is 0 Å². The number of ether oxygens (including phenoxy) is 1. The van der Waals surface area contributed by atoms with Crippen molar-refractivity contribution in [2.24, 2.45) is 5.84 Å². The highest BCUT2D eigenvalue weighted by Gasteiger charge is 2.18. The standard InChI is InChI=1S/C16H18F2N2O/c1-10-3-6-16(21-2)11(7-10)8-15(20-19)13-9-12(17)4-5-14(13)18/h3-7,9,15,20H,8,19H2,1-2H3. The first kappa shape index (κ1) is 15.4. The third kappa shape index (κ3) is 3.56. The molecular formula is C16H18F2N2O. The first-order chi connectivity index (χ1) is 10.0. The van der Waals surface area contributed by atoms with E-state index in [0.717, 1.165) is 29.3 Å². The second-order valence-electron chi connectivity index (χ2n) is 4.90. The Balaban J connectivity index is 2.35. The Bertz CT molecular complexity index is 632. The van der Waals surface area contributed by atoms with E-state index < -0.39 is 17.7 Å². The summed E-state index contributed by atoms with van der Waals surface area (Å²) in [7, 11) is 1.57. The van der Waals surface area contributed by atoms with Gasteiger partial charge in [0.2, 0.25) is 0 Å². The zero-order valence-corrected chi connectivity index (χ0v) is 12.0. The smallest absolute Gasteiger partial charge is 0.128 e. The van der Waals surface area contributed by atoms with Crippen LogP contribution in [-0.2, 0) is 6.42 Å². The van der Waals surface area contributed by atoms with E-state index in [1.54, 1.807) is 7.11 Å². The molecule has 0 aliphatic heterocycles. The van der Waals surface area contributed by atoms with Crippen LogP contribution in [0.4, 0.5) is 8.78 Å². The van der Waals surface area contributed by atoms with Crippen molar-refractivity contribution in [3.05, 3.63) is 64.7 Å². The Morgan fingerprint density at radius 1 is 1.19 bits per heavy atom. The Kier molecular flexibility index (Phi) is 4.88. The van der Waals surface area contributed by atoms with Crippen LogP contribution in [0.1, 0.15) is 22.7 Å². The molecular weight excluding hydrogens is 274 g/mol. The highest BCUT2D eigenvalue weighted by atomic mass is 19.1. The molecule has 0 radical (unpaired) electrons. The fourth-order valence-electron chi connectivity index (χ4n) is 2.33. The topological polar surface area (TPSA) is 47.3 Å². The summed E-state index contributed by atoms with van der Waals surface area (Å²) in [6.07, 6.45) is 0.391. The molecule has 112 valence electrons. The number of aryl methyl sites for hydroxylation is 1. The Hall–Kier alpha value is -1.98. The van der Waals surface area contributed by atoms with Crippen LogP contribution in [0.15, 0.2) is 36.4 Å². The molecule has 0 saturated carbocycles. The average Bonchev–Trinajstić information content (AvgIpc) is 2.47. The summed E-state index contributed by atoms with van der Waals surface area (Å²) in [4.78, 5) is 0. The Labute approximate surface area is 122 Å². The summed E-state index contributed by atoms with van der Waals surface area (Å²) in [5, 5.41) is 0. The molecule has 0 aliphatic rings. The van der Waals surface area contributed by atoms with Crippen molar-refractivity contribution in [2.45, 2.75) is 19.4 Å². The second-order valence-corrected chi connectivity index (χ2v) is 4.90. The monoisotopic (exact) mass is 292 g/mol. The maximum absolute atomic E-state index is 13.9. The third-order valence-corrected chi connectivity index (χ3v) is 3.39. The average molecular weight is 292 g/mol. The molecule has 0 bridgehead atoms. The van der Waals surface area contributed by atoms with Crippen molar-refractivity contribution in [3.8, 4) is 5.75 Å². The highest BCUT2D eigenvalue weighted by Crippen LogP contribution is 2.27. The van der Waals surface area contributed by atoms with E-state index in [2.05, 4.69) is 5.43 Å². The van der Waals surface area contributed by atoms with Gasteiger partial charge < -0.3 is 4.74 Å². The van der Waals surface area contributed by atoms with Gasteiger partial charge in [-0.1, -0.05) is 17.7 Å². The fraction of sp³-hybridized carbons (Fsp3) is 0.250. The van der Waals surface area contributed by atoms with Gasteiger partial charge in [0.25, 0.3) is 0 Å². The highest BCUT2D eigenvalue weighted by molar-refractivity contribution is 5.38. The SMILES string of the molecule is COc1ccc(C)cc1CC(NN)c1cc(F)ccc1F. The van der Waals surface area contributed by atoms with Gasteiger partial charge in [0.1, 0.15) is 17.4 Å². The molecule has 0 heterocycles. The van der Waals surface area contributed by atoms with Gasteiger partial charge in [-0.05, 0) is 43.2 Å². The summed E-state index contributed by atoms with van der Waals surface area (Å²) in [5.74, 6) is 5.22. The minimum absolute atomic E-state index is 0.195. The molecule has 2 rings (SSSR count). The van der Waals surface area contributed by atoms with E-state index in [0.29, 0.717) is 12.2 Å². The van der Waals surface area contributed by atoms with Gasteiger partial charge in [-0.2, -0.15) is 0 Å². The van der Waals surface area contributed by atoms with Gasteiger partial charge in [-0.25, -0.2) is 8.78 Å². The van der Waals surface area contributed by atoms with E-state index in [1.165, 1.54) is 0 Å². The molecule has 0 saturated heterocycles. The van der Waals surface area contributed by atoms with Crippen molar-refractivity contribution >= 4 is 0 Å². The van der Waals surface area contributed by atoms with Crippen molar-refractivity contribution in [1.29, 1.82) is 0 Å². The maximum atomic E-state index is 13.9. The molecule has 21 heavy (non-hydrogen) atoms. The van der Waals surface area contributed by atoms with Crippen molar-refractivity contribution < 1.29 is 13.5 Å². The molecule has 0 fully saturated rings. The van der Waals surface area contributed by atoms with Gasteiger partial charge in [0, 0.05) is 5.56 Å². The van der Waals surface area contributed by atoms with Crippen LogP contribution >= 0.6 is 0 Å². The number of rotatable bonds is 5. The van der Waals surface area contributed by atoms with Crippen molar-refractivity contribution in [3.63, 3.8) is 0 Å². The van der Waals surface area contributed by atoms with Gasteiger partial charge in [-0.3, -0.25) is 11.3 Å². The molecule has 2 aromatic rings. The first-order valence-electron chi connectivity index (χ1n) is 6.59. The lowest BCUT2D eigenvalue weighted by atomic mass is 9.97. The molecule has 0 spiro atoms. The lowest BCUT2D eigenvalue weighted by Gasteiger charge is -2.19. The zero-order chi connectivity index (χ0) is 15.4. The van der Waals surface area contributed by atoms with E-state index >= 15 is 0 Å². The quantitative estimate of drug-likeness (QED) is 0.658. The van der Waals surface area contributed by atoms with Gasteiger partial charge in [0.15, 0.2) is 0 Å². The van der Waals surface area contributed by atoms with E-state index in [1.807, 2.05) is 25.1 Å². The molecule has 1 unspecified atom stereocenters. The number of hydrogen-bond acceptors (Lipinski definition) is 3. The number of benzene rings is 2. The number of hydrazine groups is 1. The number of nitrogens with one attached hydrogen (secondary N) is 1. The van der Waals surface area contributed by atoms with Crippen LogP contribution in [0.2, 0.25) is 0 Å². The summed E-state index contributed by atoms with van der Waals surface area (Å²) < 4.78 is 32.5. The van der Waals surface area contributed by atoms with Crippen molar-refractivity contribution in [2.75, 3.05) is 7.11 Å². The fourth-order valence-corrected chi connectivity index (χ4v) is 2.33. The largest absolute Gasteiger partial charge is 0.496 e. The van der Waals surface area contributed by atoms with Crippen LogP contribution in [0.25, 0.3) is 0 Å². The predicted octanol–water partition coefficient (Wildman–Crippen LogP) is 3.03. The van der Waals surface area contributed by atoms with E-state index in [9.17, 15) is 8.78 Å². The lowest BCUT2D eigenvalue weighted by molar-refractivity contribution is 0.404. The number of halogens is 2. The molecule has 0 aliphatic carbocycles. The molecule has 0 amide bonds. The molecule has 1 atom stereocenters. The zero-order valence-electron chi connectivity index (χ0n) is 12.0. The second kappa shape index (κ2) is 6.65.